The Kier molecular flexibility index (Phi) is 7.37. The summed E-state index contributed by atoms with van der Waals surface area (Å²) in [5, 5.41) is 4.75. The number of sulfone groups is 1. The van der Waals surface area contributed by atoms with E-state index < -0.39 is 9.84 Å². The molecule has 0 aliphatic carbocycles. The van der Waals surface area contributed by atoms with Crippen molar-refractivity contribution >= 4 is 22.1 Å². The number of piperidine rings is 1. The highest BCUT2D eigenvalue weighted by Gasteiger charge is 2.29. The topological polar surface area (TPSA) is 69.4 Å². The van der Waals surface area contributed by atoms with Gasteiger partial charge in [0.1, 0.15) is 11.6 Å². The van der Waals surface area contributed by atoms with Crippen LogP contribution in [0.15, 0.2) is 24.3 Å². The number of aryl methyl sites for hydroxylation is 1. The summed E-state index contributed by atoms with van der Waals surface area (Å²) in [4.78, 5) is 2.43. The molecule has 7 nitrogen and oxygen atoms in total. The fourth-order valence-corrected chi connectivity index (χ4v) is 6.93. The van der Waals surface area contributed by atoms with Crippen LogP contribution in [0.2, 0.25) is 0 Å². The third-order valence-electron chi connectivity index (χ3n) is 6.97. The van der Waals surface area contributed by atoms with Crippen LogP contribution in [0.3, 0.4) is 0 Å². The fourth-order valence-electron chi connectivity index (χ4n) is 4.86. The molecule has 0 spiro atoms. The second kappa shape index (κ2) is 10.1. The second-order valence-corrected chi connectivity index (χ2v) is 11.9. The fraction of sp³-hybridized carbons (Fsp3) is 0.652. The van der Waals surface area contributed by atoms with Crippen LogP contribution in [0.25, 0.3) is 0 Å². The van der Waals surface area contributed by atoms with Crippen molar-refractivity contribution in [1.82, 2.24) is 19.2 Å². The Balaban J connectivity index is 1.26. The Morgan fingerprint density at radius 3 is 2.47 bits per heavy atom. The Hall–Kier alpha value is -1.71. The lowest BCUT2D eigenvalue weighted by Gasteiger charge is -2.31. The van der Waals surface area contributed by atoms with Crippen molar-refractivity contribution in [2.24, 2.45) is 18.9 Å². The van der Waals surface area contributed by atoms with Crippen molar-refractivity contribution in [2.75, 3.05) is 31.7 Å². The average molecular weight is 479 g/mol. The zero-order valence-corrected chi connectivity index (χ0v) is 20.7. The summed E-state index contributed by atoms with van der Waals surface area (Å²) in [5.41, 5.74) is 1.37. The molecule has 2 aliphatic heterocycles. The molecule has 9 heteroatoms. The molecule has 2 aliphatic rings. The molecular formula is C23H34N4O3S2. The lowest BCUT2D eigenvalue weighted by Crippen LogP contribution is -2.35. The van der Waals surface area contributed by atoms with Crippen molar-refractivity contribution in [1.29, 1.82) is 0 Å². The van der Waals surface area contributed by atoms with E-state index in [2.05, 4.69) is 17.0 Å². The molecule has 2 fully saturated rings. The molecule has 1 unspecified atom stereocenters. The minimum atomic E-state index is -2.87. The van der Waals surface area contributed by atoms with Crippen molar-refractivity contribution in [3.05, 3.63) is 40.4 Å². The molecule has 2 saturated heterocycles. The van der Waals surface area contributed by atoms with Crippen molar-refractivity contribution in [3.8, 4) is 5.75 Å². The number of ether oxygens (including phenoxy) is 1. The van der Waals surface area contributed by atoms with Crippen LogP contribution in [-0.2, 0) is 36.4 Å². The number of nitrogens with zero attached hydrogens (tertiary/aromatic N) is 4. The van der Waals surface area contributed by atoms with Gasteiger partial charge in [0.2, 0.25) is 0 Å². The van der Waals surface area contributed by atoms with Gasteiger partial charge in [-0.2, -0.15) is 5.10 Å². The van der Waals surface area contributed by atoms with E-state index in [1.54, 1.807) is 7.11 Å². The van der Waals surface area contributed by atoms with Crippen molar-refractivity contribution in [3.63, 3.8) is 0 Å². The third-order valence-corrected chi connectivity index (χ3v) is 9.29. The van der Waals surface area contributed by atoms with Crippen LogP contribution in [0, 0.1) is 16.6 Å². The maximum atomic E-state index is 11.8. The Morgan fingerprint density at radius 2 is 1.84 bits per heavy atom. The summed E-state index contributed by atoms with van der Waals surface area (Å²) in [6, 6.07) is 8.40. The molecule has 3 heterocycles. The molecular weight excluding hydrogens is 444 g/mol. The predicted octanol–water partition coefficient (Wildman–Crippen LogP) is 3.24. The van der Waals surface area contributed by atoms with Gasteiger partial charge < -0.3 is 9.30 Å². The number of methoxy groups -OCH3 is 1. The highest BCUT2D eigenvalue weighted by Crippen LogP contribution is 2.24. The molecule has 0 amide bonds. The zero-order valence-electron chi connectivity index (χ0n) is 19.1. The summed E-state index contributed by atoms with van der Waals surface area (Å²) in [6.45, 7) is 2.82. The normalized spacial score (nSPS) is 21.8. The van der Waals surface area contributed by atoms with Gasteiger partial charge in [0.25, 0.3) is 0 Å². The van der Waals surface area contributed by atoms with Crippen LogP contribution in [0.5, 0.6) is 5.75 Å². The van der Waals surface area contributed by atoms with Gasteiger partial charge in [0, 0.05) is 26.6 Å². The van der Waals surface area contributed by atoms with Gasteiger partial charge in [-0.05, 0) is 73.9 Å². The molecule has 1 atom stereocenters. The molecule has 2 aromatic rings. The predicted molar refractivity (Wildman–Crippen MR) is 128 cm³/mol. The van der Waals surface area contributed by atoms with E-state index in [0.717, 1.165) is 43.4 Å². The number of benzene rings is 1. The molecule has 0 radical (unpaired) electrons. The van der Waals surface area contributed by atoms with Gasteiger partial charge in [-0.25, -0.2) is 13.1 Å². The number of likely N-dealkylation sites (tertiary alicyclic amines) is 1. The van der Waals surface area contributed by atoms with Gasteiger partial charge >= 0.3 is 0 Å². The average Bonchev–Trinajstić information content (AvgIpc) is 3.26. The van der Waals surface area contributed by atoms with Gasteiger partial charge in [0.05, 0.1) is 25.3 Å². The lowest BCUT2D eigenvalue weighted by molar-refractivity contribution is 0.136. The maximum absolute atomic E-state index is 11.8. The monoisotopic (exact) mass is 478 g/mol. The summed E-state index contributed by atoms with van der Waals surface area (Å²) < 4.78 is 33.3. The van der Waals surface area contributed by atoms with E-state index in [-0.39, 0.29) is 11.7 Å². The molecule has 1 aromatic carbocycles. The third kappa shape index (κ3) is 5.80. The number of hydrogen-bond donors (Lipinski definition) is 0. The summed E-state index contributed by atoms with van der Waals surface area (Å²) in [6.07, 6.45) is 6.13. The zero-order chi connectivity index (χ0) is 22.7. The first kappa shape index (κ1) is 23.4. The quantitative estimate of drug-likeness (QED) is 0.543. The summed E-state index contributed by atoms with van der Waals surface area (Å²) in [7, 11) is 0.770. The second-order valence-electron chi connectivity index (χ2n) is 9.32. The van der Waals surface area contributed by atoms with E-state index in [9.17, 15) is 8.42 Å². The van der Waals surface area contributed by atoms with Gasteiger partial charge in [0.15, 0.2) is 14.6 Å². The summed E-state index contributed by atoms with van der Waals surface area (Å²) >= 11 is 5.61. The number of rotatable bonds is 8. The molecule has 1 aromatic heterocycles. The van der Waals surface area contributed by atoms with E-state index in [1.165, 1.54) is 24.8 Å². The van der Waals surface area contributed by atoms with Crippen LogP contribution >= 0.6 is 12.2 Å². The first-order valence-corrected chi connectivity index (χ1v) is 13.7. The minimum absolute atomic E-state index is 0.158. The van der Waals surface area contributed by atoms with E-state index >= 15 is 0 Å². The summed E-state index contributed by atoms with van der Waals surface area (Å²) in [5.74, 6) is 3.29. The Labute approximate surface area is 196 Å². The number of aromatic nitrogens is 3. The molecule has 0 N–H and O–H groups in total. The Morgan fingerprint density at radius 1 is 1.12 bits per heavy atom. The van der Waals surface area contributed by atoms with Crippen LogP contribution in [0.1, 0.15) is 37.1 Å². The van der Waals surface area contributed by atoms with Crippen LogP contribution < -0.4 is 4.74 Å². The molecule has 32 heavy (non-hydrogen) atoms. The first-order valence-electron chi connectivity index (χ1n) is 11.5. The standard InChI is InChI=1S/C23H34N4O3S2/c1-25-22(15-20-11-14-32(28,29)16-20)24-27(23(25)31)17-26-12-9-19(10-13-26)4-3-18-5-7-21(30-2)8-6-18/h5-8,19-20H,3-4,9-17H2,1-2H3. The van der Waals surface area contributed by atoms with E-state index in [4.69, 9.17) is 22.1 Å². The number of hydrogen-bond acceptors (Lipinski definition) is 6. The lowest BCUT2D eigenvalue weighted by atomic mass is 9.91. The van der Waals surface area contributed by atoms with E-state index in [1.807, 2.05) is 28.4 Å². The highest BCUT2D eigenvalue weighted by atomic mass is 32.2. The van der Waals surface area contributed by atoms with Crippen molar-refractivity contribution < 1.29 is 13.2 Å². The first-order chi connectivity index (χ1) is 15.3. The van der Waals surface area contributed by atoms with Gasteiger partial charge in [-0.1, -0.05) is 12.1 Å². The van der Waals surface area contributed by atoms with Crippen molar-refractivity contribution in [2.45, 2.75) is 45.2 Å². The SMILES string of the molecule is COc1ccc(CCC2CCN(Cn3nc(CC4CCS(=O)(=O)C4)n(C)c3=S)CC2)cc1. The van der Waals surface area contributed by atoms with Gasteiger partial charge in [-0.3, -0.25) is 4.90 Å². The molecule has 0 bridgehead atoms. The maximum Gasteiger partial charge on any atom is 0.198 e. The molecule has 0 saturated carbocycles. The smallest absolute Gasteiger partial charge is 0.198 e. The van der Waals surface area contributed by atoms with E-state index in [0.29, 0.717) is 23.6 Å². The van der Waals surface area contributed by atoms with Crippen LogP contribution in [-0.4, -0.2) is 59.4 Å². The molecule has 4 rings (SSSR count). The van der Waals surface area contributed by atoms with Crippen LogP contribution in [0.4, 0.5) is 0 Å². The van der Waals surface area contributed by atoms with Gasteiger partial charge in [-0.15, -0.1) is 0 Å². The largest absolute Gasteiger partial charge is 0.497 e. The Bertz CT molecular complexity index is 1070. The highest BCUT2D eigenvalue weighted by molar-refractivity contribution is 7.91. The minimum Gasteiger partial charge on any atom is -0.497 e. The molecule has 176 valence electrons.